The van der Waals surface area contributed by atoms with E-state index in [-0.39, 0.29) is 24.5 Å². The Morgan fingerprint density at radius 3 is 2.54 bits per heavy atom. The summed E-state index contributed by atoms with van der Waals surface area (Å²) in [5.74, 6) is -1.33. The second-order valence-corrected chi connectivity index (χ2v) is 7.09. The summed E-state index contributed by atoms with van der Waals surface area (Å²) in [7, 11) is -3.74. The number of carbonyl (C=O) groups excluding carboxylic acids is 2. The summed E-state index contributed by atoms with van der Waals surface area (Å²) in [6.45, 7) is 1.92. The van der Waals surface area contributed by atoms with Crippen molar-refractivity contribution in [2.75, 3.05) is 6.61 Å². The number of ether oxygens (including phenoxy) is 1. The number of aromatic nitrogens is 1. The lowest BCUT2D eigenvalue weighted by Crippen LogP contribution is -2.44. The number of rotatable bonds is 8. The molecule has 0 saturated carbocycles. The molecule has 0 radical (unpaired) electrons. The molecule has 9 heteroatoms. The summed E-state index contributed by atoms with van der Waals surface area (Å²) in [4.78, 5) is 25.7. The molecule has 0 unspecified atom stereocenters. The van der Waals surface area contributed by atoms with E-state index in [2.05, 4.69) is 10.3 Å². The molecule has 2 rings (SSSR count). The van der Waals surface area contributed by atoms with Crippen molar-refractivity contribution < 1.29 is 27.3 Å². The molecule has 1 aromatic carbocycles. The summed E-state index contributed by atoms with van der Waals surface area (Å²) in [6.07, 6.45) is 3.03. The van der Waals surface area contributed by atoms with Crippen molar-refractivity contribution in [3.63, 3.8) is 0 Å². The standard InChI is InChI=1S/C17H19N3O5S/c1-2-25-16(21)12-20-10-6-9-15(11-20)17(22)18-19-26(23,24)13-14-7-4-3-5-8-14/h3-11,19H,2,12-13H2,1H3/p+1. The minimum atomic E-state index is -3.74. The van der Waals surface area contributed by atoms with E-state index >= 15 is 0 Å². The van der Waals surface area contributed by atoms with E-state index in [1.807, 2.05) is 0 Å². The molecule has 1 heterocycles. The number of nitrogens with zero attached hydrogens (tertiary/aromatic N) is 1. The van der Waals surface area contributed by atoms with E-state index in [4.69, 9.17) is 4.74 Å². The first-order chi connectivity index (χ1) is 12.4. The lowest BCUT2D eigenvalue weighted by Gasteiger charge is -2.08. The Labute approximate surface area is 151 Å². The van der Waals surface area contributed by atoms with Crippen LogP contribution in [-0.2, 0) is 31.9 Å². The minimum Gasteiger partial charge on any atom is -0.461 e. The number of carbonyl (C=O) groups is 2. The molecule has 26 heavy (non-hydrogen) atoms. The summed E-state index contributed by atoms with van der Waals surface area (Å²) < 4.78 is 30.4. The van der Waals surface area contributed by atoms with Gasteiger partial charge in [0.05, 0.1) is 12.4 Å². The van der Waals surface area contributed by atoms with Crippen LogP contribution in [-0.4, -0.2) is 26.9 Å². The Morgan fingerprint density at radius 1 is 1.12 bits per heavy atom. The molecule has 0 bridgehead atoms. The molecule has 0 atom stereocenters. The van der Waals surface area contributed by atoms with Crippen LogP contribution in [0.25, 0.3) is 0 Å². The van der Waals surface area contributed by atoms with Gasteiger partial charge in [0, 0.05) is 6.07 Å². The summed E-state index contributed by atoms with van der Waals surface area (Å²) >= 11 is 0. The van der Waals surface area contributed by atoms with Crippen molar-refractivity contribution >= 4 is 21.9 Å². The maximum absolute atomic E-state index is 12.1. The van der Waals surface area contributed by atoms with Gasteiger partial charge in [-0.25, -0.2) is 13.2 Å². The SMILES string of the molecule is CCOC(=O)C[n+]1cccc(C(=O)NNS(=O)(=O)Cc2ccccc2)c1. The van der Waals surface area contributed by atoms with Crippen LogP contribution in [0.15, 0.2) is 54.9 Å². The molecule has 2 aromatic rings. The molecule has 0 aliphatic carbocycles. The van der Waals surface area contributed by atoms with Crippen LogP contribution in [0.3, 0.4) is 0 Å². The molecule has 0 saturated heterocycles. The van der Waals surface area contributed by atoms with Gasteiger partial charge >= 0.3 is 5.97 Å². The van der Waals surface area contributed by atoms with Crippen molar-refractivity contribution in [2.45, 2.75) is 19.2 Å². The largest absolute Gasteiger partial charge is 0.461 e. The fourth-order valence-electron chi connectivity index (χ4n) is 2.14. The number of amides is 1. The maximum Gasteiger partial charge on any atom is 0.372 e. The number of hydrogen-bond donors (Lipinski definition) is 2. The van der Waals surface area contributed by atoms with E-state index in [9.17, 15) is 18.0 Å². The van der Waals surface area contributed by atoms with Gasteiger partial charge < -0.3 is 4.74 Å². The predicted molar refractivity (Wildman–Crippen MR) is 92.9 cm³/mol. The van der Waals surface area contributed by atoms with Crippen LogP contribution in [0, 0.1) is 0 Å². The van der Waals surface area contributed by atoms with Crippen LogP contribution >= 0.6 is 0 Å². The third kappa shape index (κ3) is 6.26. The molecule has 0 aliphatic heterocycles. The van der Waals surface area contributed by atoms with Crippen LogP contribution < -0.4 is 14.8 Å². The second-order valence-electron chi connectivity index (χ2n) is 5.37. The number of pyridine rings is 1. The number of hydrazine groups is 1. The monoisotopic (exact) mass is 378 g/mol. The van der Waals surface area contributed by atoms with Gasteiger partial charge in [0.25, 0.3) is 5.91 Å². The molecule has 8 nitrogen and oxygen atoms in total. The van der Waals surface area contributed by atoms with Crippen molar-refractivity contribution in [3.8, 4) is 0 Å². The van der Waals surface area contributed by atoms with Gasteiger partial charge in [-0.1, -0.05) is 30.3 Å². The van der Waals surface area contributed by atoms with Crippen molar-refractivity contribution in [3.05, 3.63) is 66.0 Å². The highest BCUT2D eigenvalue weighted by molar-refractivity contribution is 7.88. The lowest BCUT2D eigenvalue weighted by atomic mass is 10.2. The molecule has 1 amide bonds. The van der Waals surface area contributed by atoms with E-state index in [0.29, 0.717) is 5.56 Å². The quantitative estimate of drug-likeness (QED) is 0.391. The van der Waals surface area contributed by atoms with Gasteiger partial charge in [-0.2, -0.15) is 4.57 Å². The molecular weight excluding hydrogens is 358 g/mol. The van der Waals surface area contributed by atoms with E-state index in [1.165, 1.54) is 16.8 Å². The van der Waals surface area contributed by atoms with E-state index in [0.717, 1.165) is 0 Å². The van der Waals surface area contributed by atoms with Gasteiger partial charge in [-0.05, 0) is 18.6 Å². The average Bonchev–Trinajstić information content (AvgIpc) is 2.60. The smallest absolute Gasteiger partial charge is 0.372 e. The molecule has 2 N–H and O–H groups in total. The zero-order valence-electron chi connectivity index (χ0n) is 14.2. The molecule has 0 spiro atoms. The Kier molecular flexibility index (Phi) is 6.81. The zero-order chi connectivity index (χ0) is 19.0. The highest BCUT2D eigenvalue weighted by Crippen LogP contribution is 2.03. The molecule has 1 aromatic heterocycles. The Bertz CT molecular complexity index is 869. The fraction of sp³-hybridized carbons (Fsp3) is 0.235. The summed E-state index contributed by atoms with van der Waals surface area (Å²) in [5, 5.41) is 0. The van der Waals surface area contributed by atoms with Gasteiger partial charge in [0.15, 0.2) is 12.4 Å². The van der Waals surface area contributed by atoms with Gasteiger partial charge in [0.1, 0.15) is 5.56 Å². The topological polar surface area (TPSA) is 105 Å². The third-order valence-electron chi connectivity index (χ3n) is 3.26. The van der Waals surface area contributed by atoms with E-state index in [1.54, 1.807) is 49.5 Å². The number of benzene rings is 1. The third-order valence-corrected chi connectivity index (χ3v) is 4.38. The molecule has 0 fully saturated rings. The molecular formula is C17H20N3O5S+. The zero-order valence-corrected chi connectivity index (χ0v) is 15.0. The molecule has 138 valence electrons. The predicted octanol–water partition coefficient (Wildman–Crippen LogP) is 0.302. The number of sulfonamides is 1. The first-order valence-electron chi connectivity index (χ1n) is 7.88. The van der Waals surface area contributed by atoms with Crippen LogP contribution in [0.5, 0.6) is 0 Å². The first kappa shape index (κ1) is 19.5. The van der Waals surface area contributed by atoms with E-state index < -0.39 is 21.9 Å². The Morgan fingerprint density at radius 2 is 1.85 bits per heavy atom. The number of esters is 1. The normalized spacial score (nSPS) is 11.0. The highest BCUT2D eigenvalue weighted by atomic mass is 32.2. The van der Waals surface area contributed by atoms with Crippen LogP contribution in [0.2, 0.25) is 0 Å². The Hall–Kier alpha value is -2.78. The minimum absolute atomic E-state index is 0.0469. The van der Waals surface area contributed by atoms with Crippen LogP contribution in [0.1, 0.15) is 22.8 Å². The summed E-state index contributed by atoms with van der Waals surface area (Å²) in [5.41, 5.74) is 2.95. The van der Waals surface area contributed by atoms with Crippen molar-refractivity contribution in [1.29, 1.82) is 0 Å². The number of nitrogens with one attached hydrogen (secondary N) is 2. The Balaban J connectivity index is 1.96. The van der Waals surface area contributed by atoms with Crippen molar-refractivity contribution in [2.24, 2.45) is 0 Å². The van der Waals surface area contributed by atoms with Gasteiger partial charge in [0.2, 0.25) is 16.6 Å². The first-order valence-corrected chi connectivity index (χ1v) is 9.53. The van der Waals surface area contributed by atoms with Gasteiger partial charge in [-0.15, -0.1) is 4.83 Å². The second kappa shape index (κ2) is 9.07. The van der Waals surface area contributed by atoms with Crippen molar-refractivity contribution in [1.82, 2.24) is 10.3 Å². The average molecular weight is 378 g/mol. The van der Waals surface area contributed by atoms with Crippen LogP contribution in [0.4, 0.5) is 0 Å². The fourth-order valence-corrected chi connectivity index (χ4v) is 3.09. The van der Waals surface area contributed by atoms with Gasteiger partial charge in [-0.3, -0.25) is 10.2 Å². The summed E-state index contributed by atoms with van der Waals surface area (Å²) in [6, 6.07) is 11.7. The lowest BCUT2D eigenvalue weighted by molar-refractivity contribution is -0.686. The maximum atomic E-state index is 12.1. The number of hydrogen-bond acceptors (Lipinski definition) is 5. The highest BCUT2D eigenvalue weighted by Gasteiger charge is 2.17. The molecule has 0 aliphatic rings.